The molecule has 1 aliphatic heterocycles. The second-order valence-corrected chi connectivity index (χ2v) is 7.17. The maximum Gasteiger partial charge on any atom is 0.417 e. The average Bonchev–Trinajstić information content (AvgIpc) is 3.30. The zero-order valence-corrected chi connectivity index (χ0v) is 16.4. The summed E-state index contributed by atoms with van der Waals surface area (Å²) in [6.07, 6.45) is -2.91. The first-order chi connectivity index (χ1) is 14.3. The Hall–Kier alpha value is -3.30. The number of fused-ring (bicyclic) bond motifs is 1. The van der Waals surface area contributed by atoms with Crippen LogP contribution in [0.2, 0.25) is 0 Å². The number of amides is 1. The summed E-state index contributed by atoms with van der Waals surface area (Å²) in [7, 11) is 3.33. The average molecular weight is 419 g/mol. The number of rotatable bonds is 4. The van der Waals surface area contributed by atoms with Crippen molar-refractivity contribution in [3.8, 4) is 5.88 Å². The number of carbonyl (C=O) groups is 1. The van der Waals surface area contributed by atoms with Crippen molar-refractivity contribution in [2.75, 3.05) is 25.1 Å². The maximum absolute atomic E-state index is 12.7. The maximum atomic E-state index is 12.7. The van der Waals surface area contributed by atoms with E-state index in [0.717, 1.165) is 17.6 Å². The summed E-state index contributed by atoms with van der Waals surface area (Å²) in [6.45, 7) is 1.07. The van der Waals surface area contributed by atoms with Gasteiger partial charge >= 0.3 is 6.18 Å². The first-order valence-electron chi connectivity index (χ1n) is 9.36. The monoisotopic (exact) mass is 419 g/mol. The molecule has 1 saturated heterocycles. The first kappa shape index (κ1) is 20.0. The molecule has 30 heavy (non-hydrogen) atoms. The number of methoxy groups -OCH3 is 1. The van der Waals surface area contributed by atoms with E-state index in [2.05, 4.69) is 15.4 Å². The molecule has 1 aliphatic rings. The van der Waals surface area contributed by atoms with Gasteiger partial charge in [-0.05, 0) is 36.8 Å². The predicted octanol–water partition coefficient (Wildman–Crippen LogP) is 3.00. The Balaban J connectivity index is 1.42. The van der Waals surface area contributed by atoms with E-state index in [0.29, 0.717) is 42.3 Å². The number of carbonyl (C=O) groups excluding carboxylic acids is 1. The van der Waals surface area contributed by atoms with E-state index >= 15 is 0 Å². The molecule has 0 radical (unpaired) electrons. The van der Waals surface area contributed by atoms with Crippen LogP contribution in [0.3, 0.4) is 0 Å². The van der Waals surface area contributed by atoms with Crippen molar-refractivity contribution in [2.24, 2.45) is 7.05 Å². The molecule has 1 atom stereocenters. The summed E-state index contributed by atoms with van der Waals surface area (Å²) in [5.41, 5.74) is 0.357. The minimum Gasteiger partial charge on any atom is -0.481 e. The third-order valence-electron chi connectivity index (χ3n) is 5.16. The Kier molecular flexibility index (Phi) is 5.00. The fourth-order valence-corrected chi connectivity index (χ4v) is 3.66. The number of benzene rings is 1. The van der Waals surface area contributed by atoms with Crippen molar-refractivity contribution in [3.63, 3.8) is 0 Å². The predicted molar refractivity (Wildman–Crippen MR) is 105 cm³/mol. The van der Waals surface area contributed by atoms with Gasteiger partial charge < -0.3 is 15.0 Å². The molecular weight excluding hydrogens is 399 g/mol. The van der Waals surface area contributed by atoms with Crippen LogP contribution in [0.4, 0.5) is 19.0 Å². The zero-order chi connectivity index (χ0) is 21.5. The van der Waals surface area contributed by atoms with Gasteiger partial charge in [-0.15, -0.1) is 0 Å². The molecule has 1 amide bonds. The van der Waals surface area contributed by atoms with Crippen LogP contribution in [0.5, 0.6) is 5.88 Å². The number of aromatic nitrogens is 3. The summed E-state index contributed by atoms with van der Waals surface area (Å²) in [5.74, 6) is 0.850. The van der Waals surface area contributed by atoms with Gasteiger partial charge in [0, 0.05) is 37.9 Å². The fourth-order valence-electron chi connectivity index (χ4n) is 3.66. The van der Waals surface area contributed by atoms with Gasteiger partial charge in [-0.3, -0.25) is 4.79 Å². The van der Waals surface area contributed by atoms with E-state index in [-0.39, 0.29) is 11.9 Å². The van der Waals surface area contributed by atoms with Crippen LogP contribution >= 0.6 is 0 Å². The van der Waals surface area contributed by atoms with Gasteiger partial charge in [0.15, 0.2) is 0 Å². The summed E-state index contributed by atoms with van der Waals surface area (Å²) >= 11 is 0. The number of anilines is 1. The number of ether oxygens (including phenoxy) is 1. The normalized spacial score (nSPS) is 16.8. The molecule has 0 spiro atoms. The molecule has 0 bridgehead atoms. The number of hydrogen-bond donors (Lipinski definition) is 1. The van der Waals surface area contributed by atoms with Gasteiger partial charge in [0.2, 0.25) is 5.88 Å². The lowest BCUT2D eigenvalue weighted by Gasteiger charge is -2.18. The van der Waals surface area contributed by atoms with Gasteiger partial charge in [0.25, 0.3) is 5.91 Å². The number of pyridine rings is 1. The number of hydrogen-bond acceptors (Lipinski definition) is 5. The van der Waals surface area contributed by atoms with Gasteiger partial charge in [0.1, 0.15) is 5.82 Å². The molecule has 1 fully saturated rings. The second-order valence-electron chi connectivity index (χ2n) is 7.17. The highest BCUT2D eigenvalue weighted by Crippen LogP contribution is 2.30. The minimum atomic E-state index is -4.41. The molecule has 10 heteroatoms. The van der Waals surface area contributed by atoms with Crippen molar-refractivity contribution in [2.45, 2.75) is 18.6 Å². The molecule has 3 heterocycles. The van der Waals surface area contributed by atoms with E-state index in [1.165, 1.54) is 6.07 Å². The highest BCUT2D eigenvalue weighted by Gasteiger charge is 2.31. The number of aryl methyl sites for hydroxylation is 1. The summed E-state index contributed by atoms with van der Waals surface area (Å²) in [6, 6.07) is 7.46. The molecule has 1 N–H and O–H groups in total. The lowest BCUT2D eigenvalue weighted by atomic mass is 10.1. The number of alkyl halides is 3. The van der Waals surface area contributed by atoms with E-state index in [9.17, 15) is 18.0 Å². The Labute approximate surface area is 170 Å². The SMILES string of the molecule is COc1c2ccc(C(=O)N[C@@H]3CCN(c4ccc(C(F)(F)F)cn4)C3)cc2nn1C. The molecule has 0 aliphatic carbocycles. The van der Waals surface area contributed by atoms with Crippen molar-refractivity contribution < 1.29 is 22.7 Å². The van der Waals surface area contributed by atoms with Gasteiger partial charge in [-0.25, -0.2) is 9.67 Å². The molecule has 158 valence electrons. The van der Waals surface area contributed by atoms with Crippen LogP contribution in [0, 0.1) is 0 Å². The summed E-state index contributed by atoms with van der Waals surface area (Å²) in [4.78, 5) is 18.4. The lowest BCUT2D eigenvalue weighted by Crippen LogP contribution is -2.37. The standard InChI is InChI=1S/C20H20F3N5O2/c1-27-19(30-2)15-5-3-12(9-16(15)26-27)18(29)25-14-7-8-28(11-14)17-6-4-13(10-24-17)20(21,22)23/h3-6,9-10,14H,7-8,11H2,1-2H3,(H,25,29)/t14-/m1/s1. The largest absolute Gasteiger partial charge is 0.481 e. The molecule has 4 rings (SSSR count). The van der Waals surface area contributed by atoms with Gasteiger partial charge in [-0.1, -0.05) is 0 Å². The Morgan fingerprint density at radius 2 is 2.07 bits per heavy atom. The van der Waals surface area contributed by atoms with Crippen LogP contribution in [0.15, 0.2) is 36.5 Å². The third kappa shape index (κ3) is 3.77. The van der Waals surface area contributed by atoms with Crippen molar-refractivity contribution >= 4 is 22.6 Å². The fraction of sp³-hybridized carbons (Fsp3) is 0.350. The molecule has 7 nitrogen and oxygen atoms in total. The van der Waals surface area contributed by atoms with E-state index in [4.69, 9.17) is 4.74 Å². The Morgan fingerprint density at radius 1 is 1.27 bits per heavy atom. The first-order valence-corrected chi connectivity index (χ1v) is 9.36. The number of nitrogens with one attached hydrogen (secondary N) is 1. The highest BCUT2D eigenvalue weighted by atomic mass is 19.4. The number of nitrogens with zero attached hydrogens (tertiary/aromatic N) is 4. The molecular formula is C20H20F3N5O2. The quantitative estimate of drug-likeness (QED) is 0.704. The Bertz CT molecular complexity index is 1080. The molecule has 0 saturated carbocycles. The summed E-state index contributed by atoms with van der Waals surface area (Å²) in [5, 5.41) is 8.14. The van der Waals surface area contributed by atoms with Crippen LogP contribution in [-0.2, 0) is 13.2 Å². The van der Waals surface area contributed by atoms with Crippen LogP contribution in [-0.4, -0.2) is 46.9 Å². The molecule has 0 unspecified atom stereocenters. The Morgan fingerprint density at radius 3 is 2.73 bits per heavy atom. The van der Waals surface area contributed by atoms with Gasteiger partial charge in [0.05, 0.1) is 23.6 Å². The van der Waals surface area contributed by atoms with Crippen LogP contribution in [0.25, 0.3) is 10.9 Å². The smallest absolute Gasteiger partial charge is 0.417 e. The van der Waals surface area contributed by atoms with Crippen molar-refractivity contribution in [1.29, 1.82) is 0 Å². The highest BCUT2D eigenvalue weighted by molar-refractivity contribution is 5.98. The second kappa shape index (κ2) is 7.51. The topological polar surface area (TPSA) is 72.3 Å². The van der Waals surface area contributed by atoms with E-state index in [1.807, 2.05) is 4.90 Å². The van der Waals surface area contributed by atoms with E-state index < -0.39 is 11.7 Å². The molecule has 2 aromatic heterocycles. The van der Waals surface area contributed by atoms with Gasteiger partial charge in [-0.2, -0.15) is 18.3 Å². The van der Waals surface area contributed by atoms with Crippen molar-refractivity contribution in [3.05, 3.63) is 47.7 Å². The minimum absolute atomic E-state index is 0.129. The van der Waals surface area contributed by atoms with Crippen molar-refractivity contribution in [1.82, 2.24) is 20.1 Å². The van der Waals surface area contributed by atoms with Crippen LogP contribution < -0.4 is 15.0 Å². The molecule has 1 aromatic carbocycles. The van der Waals surface area contributed by atoms with E-state index in [1.54, 1.807) is 37.0 Å². The third-order valence-corrected chi connectivity index (χ3v) is 5.16. The molecule has 3 aromatic rings. The summed E-state index contributed by atoms with van der Waals surface area (Å²) < 4.78 is 45.0. The van der Waals surface area contributed by atoms with Crippen LogP contribution in [0.1, 0.15) is 22.3 Å². The lowest BCUT2D eigenvalue weighted by molar-refractivity contribution is -0.137. The number of halogens is 3. The zero-order valence-electron chi connectivity index (χ0n) is 16.4.